The van der Waals surface area contributed by atoms with Gasteiger partial charge in [0.2, 0.25) is 0 Å². The minimum atomic E-state index is -4.58. The van der Waals surface area contributed by atoms with Gasteiger partial charge in [-0.15, -0.1) is 12.4 Å². The zero-order valence-corrected chi connectivity index (χ0v) is 17.5. The van der Waals surface area contributed by atoms with E-state index in [2.05, 4.69) is 0 Å². The number of halogens is 4. The van der Waals surface area contributed by atoms with E-state index in [1.807, 2.05) is 31.2 Å². The summed E-state index contributed by atoms with van der Waals surface area (Å²) in [4.78, 5) is 0. The summed E-state index contributed by atoms with van der Waals surface area (Å²) in [6.07, 6.45) is -0.659. The average Bonchev–Trinajstić information content (AvgIpc) is 2.69. The van der Waals surface area contributed by atoms with Gasteiger partial charge in [0, 0.05) is 0 Å². The van der Waals surface area contributed by atoms with E-state index in [-0.39, 0.29) is 30.3 Å². The molecule has 166 valence electrons. The second kappa shape index (κ2) is 11.4. The third kappa shape index (κ3) is 7.65. The lowest BCUT2D eigenvalue weighted by Gasteiger charge is -2.20. The van der Waals surface area contributed by atoms with Crippen LogP contribution in [-0.2, 0) is 12.6 Å². The second-order valence-corrected chi connectivity index (χ2v) is 7.08. The zero-order valence-electron chi connectivity index (χ0n) is 16.7. The van der Waals surface area contributed by atoms with Gasteiger partial charge >= 0.3 is 6.18 Å². The maximum atomic E-state index is 13.4. The van der Waals surface area contributed by atoms with Crippen molar-refractivity contribution in [3.8, 4) is 5.75 Å². The number of aliphatic hydroxyl groups is 2. The van der Waals surface area contributed by atoms with Gasteiger partial charge in [-0.2, -0.15) is 13.2 Å². The Morgan fingerprint density at radius 2 is 1.77 bits per heavy atom. The van der Waals surface area contributed by atoms with E-state index in [1.54, 1.807) is 0 Å². The van der Waals surface area contributed by atoms with Gasteiger partial charge in [-0.25, -0.2) is 0 Å². The van der Waals surface area contributed by atoms with Crippen molar-refractivity contribution in [1.29, 1.82) is 0 Å². The molecular weight excluding hydrogens is 419 g/mol. The van der Waals surface area contributed by atoms with Crippen LogP contribution in [0.4, 0.5) is 13.2 Å². The number of benzene rings is 2. The van der Waals surface area contributed by atoms with Gasteiger partial charge in [-0.05, 0) is 43.0 Å². The van der Waals surface area contributed by atoms with Crippen molar-refractivity contribution in [2.24, 2.45) is 5.73 Å². The highest BCUT2D eigenvalue weighted by Crippen LogP contribution is 2.37. The maximum Gasteiger partial charge on any atom is 0.419 e. The van der Waals surface area contributed by atoms with Crippen molar-refractivity contribution in [1.82, 2.24) is 0 Å². The molecule has 0 heterocycles. The van der Waals surface area contributed by atoms with Crippen LogP contribution in [-0.4, -0.2) is 35.6 Å². The largest absolute Gasteiger partial charge is 0.493 e. The molecule has 0 unspecified atom stereocenters. The molecule has 0 aliphatic carbocycles. The molecule has 2 aromatic carbocycles. The summed E-state index contributed by atoms with van der Waals surface area (Å²) < 4.78 is 45.7. The first kappa shape index (κ1) is 26.0. The first-order chi connectivity index (χ1) is 13.7. The predicted octanol–water partition coefficient (Wildman–Crippen LogP) is 4.14. The molecule has 0 saturated carbocycles. The van der Waals surface area contributed by atoms with E-state index in [1.165, 1.54) is 24.3 Å². The van der Waals surface area contributed by atoms with E-state index in [4.69, 9.17) is 10.5 Å². The smallest absolute Gasteiger partial charge is 0.419 e. The molecule has 4 nitrogen and oxygen atoms in total. The summed E-state index contributed by atoms with van der Waals surface area (Å²) in [5.74, 6) is -0.234. The number of nitrogens with two attached hydrogens (primary N) is 1. The van der Waals surface area contributed by atoms with Crippen LogP contribution in [0.3, 0.4) is 0 Å². The highest BCUT2D eigenvalue weighted by Gasteiger charge is 2.34. The SMILES string of the molecule is Cc1cccc(CCCOc2ccc(/C=C/C(N)(CO)CO)cc2C(F)(F)F)c1.Cl. The molecule has 0 aliphatic heterocycles. The Balaban J connectivity index is 0.00000450. The number of ether oxygens (including phenoxy) is 1. The van der Waals surface area contributed by atoms with E-state index >= 15 is 0 Å². The monoisotopic (exact) mass is 445 g/mol. The molecule has 2 rings (SSSR count). The quantitative estimate of drug-likeness (QED) is 0.507. The molecule has 0 bridgehead atoms. The molecule has 4 N–H and O–H groups in total. The van der Waals surface area contributed by atoms with E-state index in [9.17, 15) is 23.4 Å². The molecular formula is C22H27ClF3NO3. The summed E-state index contributed by atoms with van der Waals surface area (Å²) in [5.41, 5.74) is 5.91. The van der Waals surface area contributed by atoms with Crippen LogP contribution < -0.4 is 10.5 Å². The Labute approximate surface area is 180 Å². The Kier molecular flexibility index (Phi) is 9.84. The molecule has 30 heavy (non-hydrogen) atoms. The molecule has 0 saturated heterocycles. The van der Waals surface area contributed by atoms with Crippen molar-refractivity contribution in [2.75, 3.05) is 19.8 Å². The Bertz CT molecular complexity index is 837. The summed E-state index contributed by atoms with van der Waals surface area (Å²) in [5, 5.41) is 18.3. The van der Waals surface area contributed by atoms with E-state index in [0.717, 1.165) is 17.2 Å². The molecule has 0 atom stereocenters. The minimum absolute atomic E-state index is 0. The summed E-state index contributed by atoms with van der Waals surface area (Å²) in [7, 11) is 0. The van der Waals surface area contributed by atoms with Crippen LogP contribution in [0, 0.1) is 6.92 Å². The van der Waals surface area contributed by atoms with E-state index < -0.39 is 30.5 Å². The molecule has 0 aromatic heterocycles. The fraction of sp³-hybridized carbons (Fsp3) is 0.364. The van der Waals surface area contributed by atoms with Crippen LogP contribution in [0.1, 0.15) is 28.7 Å². The van der Waals surface area contributed by atoms with Crippen molar-refractivity contribution in [3.05, 3.63) is 70.8 Å². The van der Waals surface area contributed by atoms with Gasteiger partial charge in [0.15, 0.2) is 0 Å². The topological polar surface area (TPSA) is 75.7 Å². The Morgan fingerprint density at radius 1 is 1.07 bits per heavy atom. The standard InChI is InChI=1S/C22H26F3NO3.ClH/c1-16-4-2-5-17(12-16)6-3-11-29-20-8-7-18(13-19(20)22(23,24)25)9-10-21(26,14-27)15-28;/h2,4-5,7-10,12-13,27-28H,3,6,11,14-15,26H2,1H3;1H/b10-9+;. The van der Waals surface area contributed by atoms with Crippen molar-refractivity contribution < 1.29 is 28.1 Å². The van der Waals surface area contributed by atoms with Gasteiger partial charge < -0.3 is 20.7 Å². The van der Waals surface area contributed by atoms with Gasteiger partial charge in [0.1, 0.15) is 5.75 Å². The second-order valence-electron chi connectivity index (χ2n) is 7.08. The first-order valence-corrected chi connectivity index (χ1v) is 9.26. The number of hydrogen-bond acceptors (Lipinski definition) is 4. The molecule has 0 spiro atoms. The third-order valence-corrected chi connectivity index (χ3v) is 4.46. The normalized spacial score (nSPS) is 12.1. The first-order valence-electron chi connectivity index (χ1n) is 9.26. The Morgan fingerprint density at radius 3 is 2.37 bits per heavy atom. The van der Waals surface area contributed by atoms with Crippen molar-refractivity contribution >= 4 is 18.5 Å². The van der Waals surface area contributed by atoms with Crippen LogP contribution in [0.15, 0.2) is 48.5 Å². The molecule has 8 heteroatoms. The van der Waals surface area contributed by atoms with Gasteiger partial charge in [-0.3, -0.25) is 0 Å². The third-order valence-electron chi connectivity index (χ3n) is 4.46. The lowest BCUT2D eigenvalue weighted by Crippen LogP contribution is -2.45. The number of alkyl halides is 3. The fourth-order valence-corrected chi connectivity index (χ4v) is 2.74. The predicted molar refractivity (Wildman–Crippen MR) is 114 cm³/mol. The zero-order chi connectivity index (χ0) is 21.5. The lowest BCUT2D eigenvalue weighted by atomic mass is 10.0. The van der Waals surface area contributed by atoms with Gasteiger partial charge in [0.25, 0.3) is 0 Å². The minimum Gasteiger partial charge on any atom is -0.493 e. The molecule has 0 aliphatic rings. The number of rotatable bonds is 9. The highest BCUT2D eigenvalue weighted by atomic mass is 35.5. The van der Waals surface area contributed by atoms with Crippen LogP contribution >= 0.6 is 12.4 Å². The van der Waals surface area contributed by atoms with Gasteiger partial charge in [0.05, 0.1) is 30.9 Å². The summed E-state index contributed by atoms with van der Waals surface area (Å²) >= 11 is 0. The number of aryl methyl sites for hydroxylation is 2. The molecule has 0 amide bonds. The molecule has 0 radical (unpaired) electrons. The maximum absolute atomic E-state index is 13.4. The van der Waals surface area contributed by atoms with Crippen LogP contribution in [0.25, 0.3) is 6.08 Å². The number of hydrogen-bond donors (Lipinski definition) is 3. The van der Waals surface area contributed by atoms with Crippen molar-refractivity contribution in [3.63, 3.8) is 0 Å². The van der Waals surface area contributed by atoms with E-state index in [0.29, 0.717) is 12.8 Å². The lowest BCUT2D eigenvalue weighted by molar-refractivity contribution is -0.139. The van der Waals surface area contributed by atoms with Crippen LogP contribution in [0.2, 0.25) is 0 Å². The van der Waals surface area contributed by atoms with Gasteiger partial charge in [-0.1, -0.05) is 48.0 Å². The fourth-order valence-electron chi connectivity index (χ4n) is 2.74. The van der Waals surface area contributed by atoms with Crippen LogP contribution in [0.5, 0.6) is 5.75 Å². The Hall–Kier alpha value is -2.06. The number of aliphatic hydroxyl groups excluding tert-OH is 2. The summed E-state index contributed by atoms with van der Waals surface area (Å²) in [6, 6.07) is 11.7. The molecule has 2 aromatic rings. The molecule has 0 fully saturated rings. The average molecular weight is 446 g/mol. The summed E-state index contributed by atoms with van der Waals surface area (Å²) in [6.45, 7) is 1.08. The van der Waals surface area contributed by atoms with Crippen molar-refractivity contribution in [2.45, 2.75) is 31.5 Å². The highest BCUT2D eigenvalue weighted by molar-refractivity contribution is 5.85.